The molecular formula is C33H22N4. The van der Waals surface area contributed by atoms with Crippen molar-refractivity contribution in [3.63, 3.8) is 0 Å². The molecule has 0 atom stereocenters. The molecule has 0 saturated heterocycles. The van der Waals surface area contributed by atoms with Crippen LogP contribution in [0.25, 0.3) is 61.4 Å². The molecule has 0 fully saturated rings. The van der Waals surface area contributed by atoms with Crippen LogP contribution >= 0.6 is 0 Å². The third kappa shape index (κ3) is 3.76. The molecule has 0 amide bonds. The lowest BCUT2D eigenvalue weighted by Gasteiger charge is -2.10. The van der Waals surface area contributed by atoms with Crippen molar-refractivity contribution in [2.45, 2.75) is 0 Å². The minimum absolute atomic E-state index is 0.834. The summed E-state index contributed by atoms with van der Waals surface area (Å²) in [6.07, 6.45) is 3.75. The molecule has 0 unspecified atom stereocenters. The fourth-order valence-corrected chi connectivity index (χ4v) is 4.96. The Morgan fingerprint density at radius 3 is 1.95 bits per heavy atom. The number of nitrogens with zero attached hydrogens (tertiary/aromatic N) is 4. The summed E-state index contributed by atoms with van der Waals surface area (Å²) in [7, 11) is 0. The molecule has 0 N–H and O–H groups in total. The van der Waals surface area contributed by atoms with Crippen LogP contribution in [-0.2, 0) is 0 Å². The van der Waals surface area contributed by atoms with Crippen molar-refractivity contribution >= 4 is 21.8 Å². The Hall–Kier alpha value is -5.09. The molecule has 3 aromatic carbocycles. The third-order valence-corrected chi connectivity index (χ3v) is 6.74. The van der Waals surface area contributed by atoms with E-state index < -0.39 is 0 Å². The normalized spacial score (nSPS) is 11.2. The van der Waals surface area contributed by atoms with Crippen molar-refractivity contribution in [2.24, 2.45) is 0 Å². The second-order valence-corrected chi connectivity index (χ2v) is 8.98. The lowest BCUT2D eigenvalue weighted by Crippen LogP contribution is -1.99. The van der Waals surface area contributed by atoms with Crippen LogP contribution in [0.1, 0.15) is 0 Å². The van der Waals surface area contributed by atoms with Crippen molar-refractivity contribution in [1.29, 1.82) is 0 Å². The molecule has 37 heavy (non-hydrogen) atoms. The number of pyridine rings is 3. The van der Waals surface area contributed by atoms with E-state index in [0.29, 0.717) is 0 Å². The van der Waals surface area contributed by atoms with Gasteiger partial charge in [0.1, 0.15) is 5.82 Å². The molecule has 7 aromatic rings. The van der Waals surface area contributed by atoms with Crippen LogP contribution in [0.4, 0.5) is 0 Å². The van der Waals surface area contributed by atoms with Crippen molar-refractivity contribution < 1.29 is 0 Å². The van der Waals surface area contributed by atoms with Gasteiger partial charge in [0.25, 0.3) is 0 Å². The topological polar surface area (TPSA) is 43.6 Å². The standard InChI is InChI=1S/C33H22N4/c1-2-8-23(9-3-1)24-16-18-25(19-17-24)28-11-6-12-29(35-28)30-13-7-15-33(36-30)37-31-14-5-4-10-26(31)27-22-34-21-20-32(27)37/h1-22H. The summed E-state index contributed by atoms with van der Waals surface area (Å²) in [6, 6.07) is 41.6. The average Bonchev–Trinajstić information content (AvgIpc) is 3.32. The zero-order valence-corrected chi connectivity index (χ0v) is 20.0. The molecule has 0 aliphatic carbocycles. The van der Waals surface area contributed by atoms with Gasteiger partial charge in [-0.05, 0) is 47.5 Å². The fourth-order valence-electron chi connectivity index (χ4n) is 4.96. The van der Waals surface area contributed by atoms with Crippen LogP contribution in [0.5, 0.6) is 0 Å². The highest BCUT2D eigenvalue weighted by molar-refractivity contribution is 6.08. The van der Waals surface area contributed by atoms with E-state index in [0.717, 1.165) is 50.3 Å². The van der Waals surface area contributed by atoms with Gasteiger partial charge in [-0.15, -0.1) is 0 Å². The maximum absolute atomic E-state index is 5.05. The lowest BCUT2D eigenvalue weighted by atomic mass is 10.0. The number of fused-ring (bicyclic) bond motifs is 3. The number of aromatic nitrogens is 4. The lowest BCUT2D eigenvalue weighted by molar-refractivity contribution is 1.08. The molecular weight excluding hydrogens is 452 g/mol. The smallest absolute Gasteiger partial charge is 0.138 e. The van der Waals surface area contributed by atoms with E-state index in [-0.39, 0.29) is 0 Å². The third-order valence-electron chi connectivity index (χ3n) is 6.74. The van der Waals surface area contributed by atoms with E-state index in [1.807, 2.05) is 60.9 Å². The molecule has 0 radical (unpaired) electrons. The maximum Gasteiger partial charge on any atom is 0.138 e. The number of hydrogen-bond donors (Lipinski definition) is 0. The van der Waals surface area contributed by atoms with Gasteiger partial charge in [-0.2, -0.15) is 0 Å². The summed E-state index contributed by atoms with van der Waals surface area (Å²) in [5.74, 6) is 0.856. The van der Waals surface area contributed by atoms with Crippen LogP contribution in [0.15, 0.2) is 134 Å². The quantitative estimate of drug-likeness (QED) is 0.260. The SMILES string of the molecule is c1ccc(-c2ccc(-c3cccc(-c4cccc(-n5c6ccccc6c6cnccc65)n4)n3)cc2)cc1. The second kappa shape index (κ2) is 8.85. The first-order valence-electron chi connectivity index (χ1n) is 12.3. The van der Waals surface area contributed by atoms with Crippen LogP contribution in [0.2, 0.25) is 0 Å². The number of benzene rings is 3. The van der Waals surface area contributed by atoms with E-state index in [1.54, 1.807) is 0 Å². The van der Waals surface area contributed by atoms with Gasteiger partial charge in [-0.1, -0.05) is 84.9 Å². The minimum atomic E-state index is 0.834. The Bertz CT molecular complexity index is 1820. The highest BCUT2D eigenvalue weighted by Gasteiger charge is 2.14. The van der Waals surface area contributed by atoms with E-state index in [4.69, 9.17) is 9.97 Å². The monoisotopic (exact) mass is 474 g/mol. The summed E-state index contributed by atoms with van der Waals surface area (Å²) in [5.41, 5.74) is 8.26. The molecule has 0 aliphatic rings. The Morgan fingerprint density at radius 2 is 1.08 bits per heavy atom. The predicted octanol–water partition coefficient (Wildman–Crippen LogP) is 7.97. The highest BCUT2D eigenvalue weighted by atomic mass is 15.1. The molecule has 0 saturated carbocycles. The van der Waals surface area contributed by atoms with E-state index in [1.165, 1.54) is 11.1 Å². The summed E-state index contributed by atoms with van der Waals surface area (Å²) >= 11 is 0. The summed E-state index contributed by atoms with van der Waals surface area (Å²) in [5, 5.41) is 2.28. The van der Waals surface area contributed by atoms with E-state index in [9.17, 15) is 0 Å². The molecule has 4 aromatic heterocycles. The van der Waals surface area contributed by atoms with Gasteiger partial charge in [0.2, 0.25) is 0 Å². The molecule has 4 heteroatoms. The Morgan fingerprint density at radius 1 is 0.432 bits per heavy atom. The predicted molar refractivity (Wildman–Crippen MR) is 150 cm³/mol. The molecule has 0 aliphatic heterocycles. The minimum Gasteiger partial charge on any atom is -0.294 e. The molecule has 0 bridgehead atoms. The Labute approximate surface area is 214 Å². The molecule has 0 spiro atoms. The summed E-state index contributed by atoms with van der Waals surface area (Å²) in [4.78, 5) is 14.4. The van der Waals surface area contributed by atoms with Crippen LogP contribution in [0.3, 0.4) is 0 Å². The van der Waals surface area contributed by atoms with Crippen molar-refractivity contribution in [2.75, 3.05) is 0 Å². The van der Waals surface area contributed by atoms with Crippen LogP contribution in [-0.4, -0.2) is 19.5 Å². The first kappa shape index (κ1) is 21.2. The van der Waals surface area contributed by atoms with E-state index >= 15 is 0 Å². The maximum atomic E-state index is 5.05. The number of hydrogen-bond acceptors (Lipinski definition) is 3. The van der Waals surface area contributed by atoms with Crippen molar-refractivity contribution in [3.05, 3.63) is 134 Å². The first-order chi connectivity index (χ1) is 18.3. The second-order valence-electron chi connectivity index (χ2n) is 8.98. The number of rotatable bonds is 4. The zero-order chi connectivity index (χ0) is 24.6. The van der Waals surface area contributed by atoms with Gasteiger partial charge in [0.05, 0.1) is 28.1 Å². The Kier molecular flexibility index (Phi) is 5.07. The fraction of sp³-hybridized carbons (Fsp3) is 0. The van der Waals surface area contributed by atoms with Crippen LogP contribution in [0, 0.1) is 0 Å². The summed E-state index contributed by atoms with van der Waals surface area (Å²) < 4.78 is 2.20. The van der Waals surface area contributed by atoms with Crippen molar-refractivity contribution in [1.82, 2.24) is 19.5 Å². The largest absolute Gasteiger partial charge is 0.294 e. The summed E-state index contributed by atoms with van der Waals surface area (Å²) in [6.45, 7) is 0. The van der Waals surface area contributed by atoms with Gasteiger partial charge in [0.15, 0.2) is 0 Å². The Balaban J connectivity index is 1.29. The molecule has 7 rings (SSSR count). The number of para-hydroxylation sites is 1. The molecule has 4 nitrogen and oxygen atoms in total. The van der Waals surface area contributed by atoms with Gasteiger partial charge >= 0.3 is 0 Å². The van der Waals surface area contributed by atoms with Crippen LogP contribution < -0.4 is 0 Å². The van der Waals surface area contributed by atoms with Gasteiger partial charge in [-0.3, -0.25) is 9.55 Å². The highest BCUT2D eigenvalue weighted by Crippen LogP contribution is 2.31. The molecule has 4 heterocycles. The zero-order valence-electron chi connectivity index (χ0n) is 20.0. The van der Waals surface area contributed by atoms with Gasteiger partial charge < -0.3 is 0 Å². The van der Waals surface area contributed by atoms with Gasteiger partial charge in [-0.25, -0.2) is 9.97 Å². The first-order valence-corrected chi connectivity index (χ1v) is 12.3. The van der Waals surface area contributed by atoms with Gasteiger partial charge in [0, 0.05) is 28.7 Å². The van der Waals surface area contributed by atoms with Crippen molar-refractivity contribution in [3.8, 4) is 39.6 Å². The molecule has 174 valence electrons. The average molecular weight is 475 g/mol. The van der Waals surface area contributed by atoms with E-state index in [2.05, 4.69) is 82.3 Å².